The summed E-state index contributed by atoms with van der Waals surface area (Å²) in [5, 5.41) is 3.11. The molecule has 1 aromatic carbocycles. The average Bonchev–Trinajstić information content (AvgIpc) is 2.98. The Hall–Kier alpha value is -1.31. The Morgan fingerprint density at radius 3 is 2.89 bits per heavy atom. The van der Waals surface area contributed by atoms with Crippen LogP contribution in [0.25, 0.3) is 0 Å². The van der Waals surface area contributed by atoms with Gasteiger partial charge in [-0.1, -0.05) is 24.1 Å². The van der Waals surface area contributed by atoms with Gasteiger partial charge in [-0.25, -0.2) is 0 Å². The molecule has 0 spiro atoms. The van der Waals surface area contributed by atoms with E-state index in [4.69, 9.17) is 0 Å². The van der Waals surface area contributed by atoms with E-state index in [1.54, 1.807) is 0 Å². The molecule has 3 atom stereocenters. The Bertz CT molecular complexity index is 454. The summed E-state index contributed by atoms with van der Waals surface area (Å²) in [6.45, 7) is 2.89. The van der Waals surface area contributed by atoms with Crippen LogP contribution in [-0.2, 0) is 0 Å². The summed E-state index contributed by atoms with van der Waals surface area (Å²) >= 11 is 0. The molecule has 0 aliphatic heterocycles. The summed E-state index contributed by atoms with van der Waals surface area (Å²) in [7, 11) is 0. The Labute approximate surface area is 109 Å². The van der Waals surface area contributed by atoms with Gasteiger partial charge in [0.25, 0.3) is 5.91 Å². The van der Waals surface area contributed by atoms with Crippen LogP contribution < -0.4 is 5.32 Å². The van der Waals surface area contributed by atoms with E-state index in [2.05, 4.69) is 5.32 Å². The third-order valence-electron chi connectivity index (χ3n) is 4.69. The van der Waals surface area contributed by atoms with Gasteiger partial charge in [0.15, 0.2) is 0 Å². The zero-order chi connectivity index (χ0) is 12.5. The van der Waals surface area contributed by atoms with E-state index < -0.39 is 0 Å². The summed E-state index contributed by atoms with van der Waals surface area (Å²) in [5.74, 6) is 2.66. The molecule has 2 saturated carbocycles. The molecule has 2 aliphatic carbocycles. The number of nitrogens with one attached hydrogen (secondary N) is 1. The molecule has 2 aliphatic rings. The van der Waals surface area contributed by atoms with Crippen molar-refractivity contribution >= 4 is 5.91 Å². The van der Waals surface area contributed by atoms with Crippen LogP contribution in [0.3, 0.4) is 0 Å². The quantitative estimate of drug-likeness (QED) is 0.868. The normalized spacial score (nSPS) is 29.5. The maximum Gasteiger partial charge on any atom is 0.251 e. The van der Waals surface area contributed by atoms with Gasteiger partial charge in [-0.05, 0) is 56.1 Å². The highest BCUT2D eigenvalue weighted by Gasteiger charge is 2.39. The minimum absolute atomic E-state index is 0.0847. The molecule has 0 radical (unpaired) electrons. The van der Waals surface area contributed by atoms with Gasteiger partial charge in [-0.2, -0.15) is 0 Å². The van der Waals surface area contributed by atoms with E-state index in [9.17, 15) is 4.79 Å². The van der Waals surface area contributed by atoms with Crippen LogP contribution in [-0.4, -0.2) is 12.5 Å². The molecule has 1 amide bonds. The molecule has 0 heterocycles. The monoisotopic (exact) mass is 243 g/mol. The number of hydrogen-bond acceptors (Lipinski definition) is 1. The highest BCUT2D eigenvalue weighted by atomic mass is 16.1. The minimum atomic E-state index is 0.0847. The second-order valence-corrected chi connectivity index (χ2v) is 6.01. The third-order valence-corrected chi connectivity index (χ3v) is 4.69. The molecule has 96 valence electrons. The summed E-state index contributed by atoms with van der Waals surface area (Å²) in [6.07, 6.45) is 5.55. The number of carbonyl (C=O) groups is 1. The van der Waals surface area contributed by atoms with Crippen molar-refractivity contribution in [3.05, 3.63) is 35.4 Å². The van der Waals surface area contributed by atoms with Gasteiger partial charge in [-0.3, -0.25) is 4.79 Å². The number of fused-ring (bicyclic) bond motifs is 2. The van der Waals surface area contributed by atoms with Crippen molar-refractivity contribution in [2.24, 2.45) is 17.8 Å². The standard InChI is InChI=1S/C16H21NO/c1-11-3-2-4-14(7-11)16(18)17-10-15-9-12-5-6-13(15)8-12/h2-4,7,12-13,15H,5-6,8-10H2,1H3,(H,17,18). The number of amides is 1. The van der Waals surface area contributed by atoms with Gasteiger partial charge in [0.2, 0.25) is 0 Å². The van der Waals surface area contributed by atoms with Gasteiger partial charge in [-0.15, -0.1) is 0 Å². The van der Waals surface area contributed by atoms with E-state index in [0.29, 0.717) is 0 Å². The highest BCUT2D eigenvalue weighted by molar-refractivity contribution is 5.94. The lowest BCUT2D eigenvalue weighted by Gasteiger charge is -2.21. The second kappa shape index (κ2) is 4.75. The van der Waals surface area contributed by atoms with Crippen LogP contribution in [0.4, 0.5) is 0 Å². The molecular formula is C16H21NO. The Morgan fingerprint density at radius 1 is 1.33 bits per heavy atom. The number of benzene rings is 1. The topological polar surface area (TPSA) is 29.1 Å². The van der Waals surface area contributed by atoms with Crippen LogP contribution in [0.1, 0.15) is 41.6 Å². The van der Waals surface area contributed by atoms with Gasteiger partial charge >= 0.3 is 0 Å². The van der Waals surface area contributed by atoms with Crippen molar-refractivity contribution in [1.29, 1.82) is 0 Å². The van der Waals surface area contributed by atoms with Crippen molar-refractivity contribution < 1.29 is 4.79 Å². The first kappa shape index (κ1) is 11.8. The fourth-order valence-corrected chi connectivity index (χ4v) is 3.74. The van der Waals surface area contributed by atoms with Crippen LogP contribution in [0.15, 0.2) is 24.3 Å². The summed E-state index contributed by atoms with van der Waals surface area (Å²) in [4.78, 5) is 12.0. The fourth-order valence-electron chi connectivity index (χ4n) is 3.74. The number of rotatable bonds is 3. The molecule has 2 bridgehead atoms. The van der Waals surface area contributed by atoms with Gasteiger partial charge in [0.05, 0.1) is 0 Å². The Balaban J connectivity index is 1.56. The maximum atomic E-state index is 12.0. The van der Waals surface area contributed by atoms with Crippen LogP contribution in [0.5, 0.6) is 0 Å². The van der Waals surface area contributed by atoms with Crippen LogP contribution in [0, 0.1) is 24.7 Å². The molecule has 3 rings (SSSR count). The smallest absolute Gasteiger partial charge is 0.251 e. The van der Waals surface area contributed by atoms with E-state index in [0.717, 1.165) is 35.4 Å². The number of aryl methyl sites for hydroxylation is 1. The molecular weight excluding hydrogens is 222 g/mol. The molecule has 18 heavy (non-hydrogen) atoms. The minimum Gasteiger partial charge on any atom is -0.352 e. The van der Waals surface area contributed by atoms with Crippen LogP contribution in [0.2, 0.25) is 0 Å². The van der Waals surface area contributed by atoms with Crippen molar-refractivity contribution in [3.8, 4) is 0 Å². The number of carbonyl (C=O) groups excluding carboxylic acids is 1. The number of hydrogen-bond donors (Lipinski definition) is 1. The zero-order valence-electron chi connectivity index (χ0n) is 11.0. The summed E-state index contributed by atoms with van der Waals surface area (Å²) < 4.78 is 0. The van der Waals surface area contributed by atoms with Crippen molar-refractivity contribution in [2.45, 2.75) is 32.6 Å². The lowest BCUT2D eigenvalue weighted by molar-refractivity contribution is 0.0941. The fraction of sp³-hybridized carbons (Fsp3) is 0.562. The zero-order valence-corrected chi connectivity index (χ0v) is 11.0. The summed E-state index contributed by atoms with van der Waals surface area (Å²) in [5.41, 5.74) is 1.93. The van der Waals surface area contributed by atoms with Crippen molar-refractivity contribution in [3.63, 3.8) is 0 Å². The predicted molar refractivity (Wildman–Crippen MR) is 72.5 cm³/mol. The Kier molecular flexibility index (Phi) is 3.11. The molecule has 0 aromatic heterocycles. The van der Waals surface area contributed by atoms with Gasteiger partial charge in [0, 0.05) is 12.1 Å². The second-order valence-electron chi connectivity index (χ2n) is 6.01. The van der Waals surface area contributed by atoms with Gasteiger partial charge in [0.1, 0.15) is 0 Å². The van der Waals surface area contributed by atoms with E-state index in [1.807, 2.05) is 31.2 Å². The van der Waals surface area contributed by atoms with E-state index >= 15 is 0 Å². The lowest BCUT2D eigenvalue weighted by Crippen LogP contribution is -2.31. The lowest BCUT2D eigenvalue weighted by atomic mass is 9.89. The largest absolute Gasteiger partial charge is 0.352 e. The average molecular weight is 243 g/mol. The molecule has 0 saturated heterocycles. The molecule has 2 fully saturated rings. The van der Waals surface area contributed by atoms with Crippen molar-refractivity contribution in [2.75, 3.05) is 6.54 Å². The third kappa shape index (κ3) is 2.29. The molecule has 2 heteroatoms. The van der Waals surface area contributed by atoms with E-state index in [1.165, 1.54) is 25.7 Å². The highest BCUT2D eigenvalue weighted by Crippen LogP contribution is 2.47. The molecule has 1 aromatic rings. The molecule has 1 N–H and O–H groups in total. The molecule has 2 nitrogen and oxygen atoms in total. The van der Waals surface area contributed by atoms with Crippen LogP contribution >= 0.6 is 0 Å². The van der Waals surface area contributed by atoms with Crippen molar-refractivity contribution in [1.82, 2.24) is 5.32 Å². The first-order valence-electron chi connectivity index (χ1n) is 7.07. The SMILES string of the molecule is Cc1cccc(C(=O)NCC2CC3CCC2C3)c1. The first-order valence-corrected chi connectivity index (χ1v) is 7.07. The Morgan fingerprint density at radius 2 is 2.22 bits per heavy atom. The van der Waals surface area contributed by atoms with E-state index in [-0.39, 0.29) is 5.91 Å². The molecule has 3 unspecified atom stereocenters. The first-order chi connectivity index (χ1) is 8.72. The predicted octanol–water partition coefficient (Wildman–Crippen LogP) is 3.16. The van der Waals surface area contributed by atoms with Gasteiger partial charge < -0.3 is 5.32 Å². The summed E-state index contributed by atoms with van der Waals surface area (Å²) in [6, 6.07) is 7.81. The maximum absolute atomic E-state index is 12.0.